The summed E-state index contributed by atoms with van der Waals surface area (Å²) < 4.78 is 0. The van der Waals surface area contributed by atoms with Crippen molar-refractivity contribution in [1.82, 2.24) is 35.9 Å². The van der Waals surface area contributed by atoms with Gasteiger partial charge in [-0.15, -0.1) is 0 Å². The van der Waals surface area contributed by atoms with Crippen LogP contribution in [0, 0.1) is 0 Å². The number of aromatic amines is 2. The minimum absolute atomic E-state index is 0.0265. The fourth-order valence-electron chi connectivity index (χ4n) is 3.25. The van der Waals surface area contributed by atoms with Gasteiger partial charge in [-0.2, -0.15) is 0 Å². The number of carbonyl (C=O) groups excluding carboxylic acids is 3. The maximum atomic E-state index is 13.0. The minimum Gasteiger partial charge on any atom is -0.480 e. The van der Waals surface area contributed by atoms with Crippen molar-refractivity contribution in [2.45, 2.75) is 56.8 Å². The zero-order chi connectivity index (χ0) is 27.4. The second-order valence-corrected chi connectivity index (χ2v) is 8.31. The van der Waals surface area contributed by atoms with Gasteiger partial charge in [0.1, 0.15) is 18.1 Å². The monoisotopic (exact) mass is 519 g/mol. The molecule has 0 bridgehead atoms. The van der Waals surface area contributed by atoms with Crippen molar-refractivity contribution in [3.05, 3.63) is 36.4 Å². The summed E-state index contributed by atoms with van der Waals surface area (Å²) in [5, 5.41) is 16.9. The zero-order valence-electron chi connectivity index (χ0n) is 20.3. The maximum absolute atomic E-state index is 13.0. The summed E-state index contributed by atoms with van der Waals surface area (Å²) in [6.07, 6.45) is 6.49. The van der Waals surface area contributed by atoms with Gasteiger partial charge in [-0.3, -0.25) is 19.4 Å². The van der Waals surface area contributed by atoms with Crippen molar-refractivity contribution >= 4 is 29.7 Å². The number of nitrogens with one attached hydrogen (secondary N) is 5. The molecule has 0 aliphatic heterocycles. The van der Waals surface area contributed by atoms with Crippen LogP contribution in [0.2, 0.25) is 0 Å². The molecule has 2 rings (SSSR count). The van der Waals surface area contributed by atoms with Gasteiger partial charge in [-0.05, 0) is 19.8 Å². The molecule has 3 amide bonds. The number of guanidine groups is 1. The molecule has 4 unspecified atom stereocenters. The highest BCUT2D eigenvalue weighted by molar-refractivity contribution is 5.94. The summed E-state index contributed by atoms with van der Waals surface area (Å²) in [5.74, 6) is -3.28. The number of imidazole rings is 2. The highest BCUT2D eigenvalue weighted by Gasteiger charge is 2.29. The fourth-order valence-corrected chi connectivity index (χ4v) is 3.25. The number of carboxylic acids is 1. The van der Waals surface area contributed by atoms with Crippen molar-refractivity contribution < 1.29 is 24.3 Å². The van der Waals surface area contributed by atoms with Crippen LogP contribution in [-0.4, -0.2) is 85.4 Å². The fraction of sp³-hybridized carbons (Fsp3) is 0.476. The molecule has 12 N–H and O–H groups in total. The van der Waals surface area contributed by atoms with Crippen LogP contribution in [0.5, 0.6) is 0 Å². The lowest BCUT2D eigenvalue weighted by atomic mass is 10.1. The van der Waals surface area contributed by atoms with Gasteiger partial charge < -0.3 is 48.2 Å². The summed E-state index contributed by atoms with van der Waals surface area (Å²) >= 11 is 0. The van der Waals surface area contributed by atoms with Crippen LogP contribution >= 0.6 is 0 Å². The van der Waals surface area contributed by atoms with Gasteiger partial charge in [0.05, 0.1) is 18.7 Å². The summed E-state index contributed by atoms with van der Waals surface area (Å²) in [6, 6.07) is -4.37. The summed E-state index contributed by atoms with van der Waals surface area (Å²) in [4.78, 5) is 67.0. The number of hydrogen-bond donors (Lipinski definition) is 9. The van der Waals surface area contributed by atoms with Gasteiger partial charge in [0.25, 0.3) is 0 Å². The molecule has 0 aliphatic carbocycles. The number of aliphatic imine (C=N–C) groups is 1. The first-order chi connectivity index (χ1) is 17.6. The van der Waals surface area contributed by atoms with E-state index in [1.54, 1.807) is 0 Å². The SMILES string of the molecule is CC(NC(=O)C(Cc1cnc[nH]1)NC(=O)C(N)CCCN=C(N)N)C(=O)NC(Cc1cnc[nH]1)C(=O)O. The molecule has 16 nitrogen and oxygen atoms in total. The van der Waals surface area contributed by atoms with Gasteiger partial charge in [-0.25, -0.2) is 14.8 Å². The van der Waals surface area contributed by atoms with E-state index in [1.165, 1.54) is 32.0 Å². The van der Waals surface area contributed by atoms with E-state index in [4.69, 9.17) is 17.2 Å². The van der Waals surface area contributed by atoms with Crippen LogP contribution in [0.1, 0.15) is 31.2 Å². The number of carbonyl (C=O) groups is 4. The van der Waals surface area contributed by atoms with Gasteiger partial charge in [0, 0.05) is 43.2 Å². The van der Waals surface area contributed by atoms with E-state index in [2.05, 4.69) is 40.9 Å². The number of nitrogens with two attached hydrogens (primary N) is 3. The van der Waals surface area contributed by atoms with Crippen LogP contribution in [0.3, 0.4) is 0 Å². The second kappa shape index (κ2) is 14.2. The first kappa shape index (κ1) is 28.8. The molecule has 0 aromatic carbocycles. The number of H-pyrrole nitrogens is 2. The van der Waals surface area contributed by atoms with Crippen molar-refractivity contribution in [1.29, 1.82) is 0 Å². The number of amides is 3. The van der Waals surface area contributed by atoms with E-state index in [-0.39, 0.29) is 25.2 Å². The first-order valence-electron chi connectivity index (χ1n) is 11.5. The lowest BCUT2D eigenvalue weighted by Gasteiger charge is -2.23. The number of rotatable bonds is 15. The predicted molar refractivity (Wildman–Crippen MR) is 132 cm³/mol. The molecule has 0 saturated carbocycles. The Morgan fingerprint density at radius 2 is 1.51 bits per heavy atom. The quantitative estimate of drug-likeness (QED) is 0.0647. The molecule has 16 heteroatoms. The van der Waals surface area contributed by atoms with Crippen molar-refractivity contribution in [3.8, 4) is 0 Å². The average Bonchev–Trinajstić information content (AvgIpc) is 3.54. The molecular formula is C21H33N11O5. The third-order valence-electron chi connectivity index (χ3n) is 5.26. The molecule has 0 aliphatic rings. The number of aromatic nitrogens is 4. The van der Waals surface area contributed by atoms with Gasteiger partial charge in [0.2, 0.25) is 17.7 Å². The van der Waals surface area contributed by atoms with Crippen molar-refractivity contribution in [3.63, 3.8) is 0 Å². The Balaban J connectivity index is 1.99. The van der Waals surface area contributed by atoms with Crippen molar-refractivity contribution in [2.75, 3.05) is 6.54 Å². The molecule has 0 fully saturated rings. The topological polar surface area (TPSA) is 272 Å². The molecule has 37 heavy (non-hydrogen) atoms. The molecule has 0 spiro atoms. The number of carboxylic acid groups (broad SMARTS) is 1. The maximum Gasteiger partial charge on any atom is 0.326 e. The lowest BCUT2D eigenvalue weighted by Crippen LogP contribution is -2.57. The van der Waals surface area contributed by atoms with E-state index in [0.29, 0.717) is 24.4 Å². The van der Waals surface area contributed by atoms with Crippen LogP contribution in [0.15, 0.2) is 30.0 Å². The molecule has 202 valence electrons. The van der Waals surface area contributed by atoms with Gasteiger partial charge in [-0.1, -0.05) is 0 Å². The molecule has 0 saturated heterocycles. The number of hydrogen-bond acceptors (Lipinski definition) is 8. The minimum atomic E-state index is -1.25. The van der Waals surface area contributed by atoms with Crippen LogP contribution in [-0.2, 0) is 32.0 Å². The van der Waals surface area contributed by atoms with Crippen molar-refractivity contribution in [2.24, 2.45) is 22.2 Å². The van der Waals surface area contributed by atoms with E-state index in [0.717, 1.165) is 0 Å². The van der Waals surface area contributed by atoms with E-state index >= 15 is 0 Å². The largest absolute Gasteiger partial charge is 0.480 e. The Bertz CT molecular complexity index is 1050. The average molecular weight is 520 g/mol. The second-order valence-electron chi connectivity index (χ2n) is 8.31. The standard InChI is InChI=1S/C21H33N11O5/c1-11(17(33)32-16(20(36)37)6-13-8-26-10-29-13)30-19(35)15(5-12-7-25-9-28-12)31-18(34)14(22)3-2-4-27-21(23)24/h7-11,14-16H,2-6,22H2,1H3,(H,25,28)(H,26,29)(H,30,35)(H,31,34)(H,32,33)(H,36,37)(H4,23,24,27). The third-order valence-corrected chi connectivity index (χ3v) is 5.26. The van der Waals surface area contributed by atoms with Crippen LogP contribution in [0.4, 0.5) is 0 Å². The molecular weight excluding hydrogens is 486 g/mol. The predicted octanol–water partition coefficient (Wildman–Crippen LogP) is -3.14. The zero-order valence-corrected chi connectivity index (χ0v) is 20.3. The number of aliphatic carboxylic acids is 1. The lowest BCUT2D eigenvalue weighted by molar-refractivity contribution is -0.142. The summed E-state index contributed by atoms with van der Waals surface area (Å²) in [7, 11) is 0. The van der Waals surface area contributed by atoms with Crippen LogP contribution < -0.4 is 33.2 Å². The Morgan fingerprint density at radius 3 is 2.03 bits per heavy atom. The Labute approximate surface area is 212 Å². The Kier molecular flexibility index (Phi) is 11.0. The Hall–Kier alpha value is -4.47. The normalized spacial score (nSPS) is 14.0. The summed E-state index contributed by atoms with van der Waals surface area (Å²) in [6.45, 7) is 1.69. The molecule has 4 atom stereocenters. The highest BCUT2D eigenvalue weighted by Crippen LogP contribution is 2.04. The van der Waals surface area contributed by atoms with Crippen LogP contribution in [0.25, 0.3) is 0 Å². The molecule has 0 radical (unpaired) electrons. The summed E-state index contributed by atoms with van der Waals surface area (Å²) in [5.41, 5.74) is 17.6. The third kappa shape index (κ3) is 9.96. The molecule has 2 aromatic heterocycles. The van der Waals surface area contributed by atoms with Gasteiger partial charge in [0.15, 0.2) is 5.96 Å². The molecule has 2 aromatic rings. The van der Waals surface area contributed by atoms with E-state index < -0.39 is 47.9 Å². The van der Waals surface area contributed by atoms with Gasteiger partial charge >= 0.3 is 5.97 Å². The Morgan fingerprint density at radius 1 is 0.946 bits per heavy atom. The smallest absolute Gasteiger partial charge is 0.326 e. The number of nitrogens with zero attached hydrogens (tertiary/aromatic N) is 3. The van der Waals surface area contributed by atoms with E-state index in [1.807, 2.05) is 0 Å². The molecule has 2 heterocycles. The van der Waals surface area contributed by atoms with E-state index in [9.17, 15) is 24.3 Å². The highest BCUT2D eigenvalue weighted by atomic mass is 16.4. The first-order valence-corrected chi connectivity index (χ1v) is 11.5.